The zero-order valence-electron chi connectivity index (χ0n) is 9.89. The van der Waals surface area contributed by atoms with E-state index in [1.54, 1.807) is 0 Å². The highest BCUT2D eigenvalue weighted by Gasteiger charge is 2.26. The lowest BCUT2D eigenvalue weighted by Crippen LogP contribution is -2.33. The van der Waals surface area contributed by atoms with Crippen LogP contribution in [0.1, 0.15) is 37.4 Å². The normalized spacial score (nSPS) is 27.6. The van der Waals surface area contributed by atoms with Crippen molar-refractivity contribution in [3.8, 4) is 0 Å². The van der Waals surface area contributed by atoms with Gasteiger partial charge in [0.1, 0.15) is 0 Å². The molecule has 1 aromatic heterocycles. The maximum atomic E-state index is 5.94. The van der Waals surface area contributed by atoms with Crippen LogP contribution in [-0.4, -0.2) is 18.1 Å². The van der Waals surface area contributed by atoms with Crippen molar-refractivity contribution >= 4 is 0 Å². The number of rotatable bonds is 3. The minimum absolute atomic E-state index is 0.383. The molecule has 88 valence electrons. The van der Waals surface area contributed by atoms with E-state index in [-0.39, 0.29) is 0 Å². The number of hydrogen-bond donors (Lipinski definition) is 2. The van der Waals surface area contributed by atoms with Crippen LogP contribution in [0.15, 0.2) is 24.4 Å². The van der Waals surface area contributed by atoms with Gasteiger partial charge in [-0.2, -0.15) is 0 Å². The van der Waals surface area contributed by atoms with Crippen LogP contribution in [0.25, 0.3) is 0 Å². The molecule has 0 spiro atoms. The van der Waals surface area contributed by atoms with Gasteiger partial charge in [-0.05, 0) is 50.8 Å². The molecule has 1 fully saturated rings. The van der Waals surface area contributed by atoms with E-state index < -0.39 is 0 Å². The first-order chi connectivity index (χ1) is 7.81. The number of nitrogens with zero attached hydrogens (tertiary/aromatic N) is 1. The second-order valence-corrected chi connectivity index (χ2v) is 4.70. The monoisotopic (exact) mass is 219 g/mol. The minimum Gasteiger partial charge on any atom is -0.328 e. The first kappa shape index (κ1) is 11.6. The lowest BCUT2D eigenvalue weighted by Gasteiger charge is -2.32. The Morgan fingerprint density at radius 2 is 2.06 bits per heavy atom. The molecule has 0 aromatic carbocycles. The first-order valence-corrected chi connectivity index (χ1v) is 6.15. The topological polar surface area (TPSA) is 50.9 Å². The molecule has 16 heavy (non-hydrogen) atoms. The third kappa shape index (κ3) is 2.60. The van der Waals surface area contributed by atoms with Crippen molar-refractivity contribution in [2.24, 2.45) is 11.7 Å². The lowest BCUT2D eigenvalue weighted by atomic mass is 9.80. The quantitative estimate of drug-likeness (QED) is 0.816. The van der Waals surface area contributed by atoms with Crippen molar-refractivity contribution in [3.05, 3.63) is 30.1 Å². The van der Waals surface area contributed by atoms with Crippen molar-refractivity contribution in [1.29, 1.82) is 0 Å². The van der Waals surface area contributed by atoms with Gasteiger partial charge in [-0.3, -0.25) is 4.98 Å². The number of nitrogens with two attached hydrogens (primary N) is 1. The fourth-order valence-electron chi connectivity index (χ4n) is 2.66. The van der Waals surface area contributed by atoms with E-state index in [2.05, 4.69) is 22.4 Å². The summed E-state index contributed by atoms with van der Waals surface area (Å²) in [5.41, 5.74) is 7.10. The largest absolute Gasteiger partial charge is 0.328 e. The van der Waals surface area contributed by atoms with Gasteiger partial charge in [0.05, 0.1) is 11.7 Å². The third-order valence-corrected chi connectivity index (χ3v) is 3.61. The van der Waals surface area contributed by atoms with Crippen LogP contribution in [-0.2, 0) is 0 Å². The maximum Gasteiger partial charge on any atom is 0.0575 e. The molecule has 0 radical (unpaired) electrons. The predicted molar refractivity (Wildman–Crippen MR) is 66.0 cm³/mol. The molecule has 2 rings (SSSR count). The average Bonchev–Trinajstić information content (AvgIpc) is 2.34. The maximum absolute atomic E-state index is 5.94. The van der Waals surface area contributed by atoms with Gasteiger partial charge in [0.15, 0.2) is 0 Å². The Morgan fingerprint density at radius 1 is 1.31 bits per heavy atom. The van der Waals surface area contributed by atoms with E-state index >= 15 is 0 Å². The van der Waals surface area contributed by atoms with E-state index in [4.69, 9.17) is 5.73 Å². The van der Waals surface area contributed by atoms with Crippen LogP contribution >= 0.6 is 0 Å². The van der Waals surface area contributed by atoms with Crippen molar-refractivity contribution in [2.75, 3.05) is 7.05 Å². The predicted octanol–water partition coefficient (Wildman–Crippen LogP) is 1.86. The summed E-state index contributed by atoms with van der Waals surface area (Å²) in [6.07, 6.45) is 6.59. The Balaban J connectivity index is 2.05. The fourth-order valence-corrected chi connectivity index (χ4v) is 2.66. The molecule has 1 aromatic rings. The molecule has 1 atom stereocenters. The number of aromatic nitrogens is 1. The highest BCUT2D eigenvalue weighted by Crippen LogP contribution is 2.32. The fraction of sp³-hybridized carbons (Fsp3) is 0.615. The SMILES string of the molecule is CNC(c1ccccn1)C1CCC(N)CC1. The van der Waals surface area contributed by atoms with Crippen LogP contribution in [0.3, 0.4) is 0 Å². The Kier molecular flexibility index (Phi) is 3.91. The zero-order valence-corrected chi connectivity index (χ0v) is 9.89. The van der Waals surface area contributed by atoms with Gasteiger partial charge in [-0.15, -0.1) is 0 Å². The minimum atomic E-state index is 0.383. The Labute approximate surface area is 97.5 Å². The Bertz CT molecular complexity index is 304. The second-order valence-electron chi connectivity index (χ2n) is 4.70. The lowest BCUT2D eigenvalue weighted by molar-refractivity contribution is 0.259. The van der Waals surface area contributed by atoms with Gasteiger partial charge in [0.2, 0.25) is 0 Å². The molecule has 1 aliphatic carbocycles. The summed E-state index contributed by atoms with van der Waals surface area (Å²) in [7, 11) is 2.02. The van der Waals surface area contributed by atoms with Crippen molar-refractivity contribution in [3.63, 3.8) is 0 Å². The van der Waals surface area contributed by atoms with Gasteiger partial charge in [0.25, 0.3) is 0 Å². The highest BCUT2D eigenvalue weighted by atomic mass is 14.9. The van der Waals surface area contributed by atoms with Gasteiger partial charge in [-0.1, -0.05) is 6.07 Å². The molecule has 1 aliphatic rings. The van der Waals surface area contributed by atoms with E-state index in [9.17, 15) is 0 Å². The van der Waals surface area contributed by atoms with Crippen molar-refractivity contribution in [2.45, 2.75) is 37.8 Å². The van der Waals surface area contributed by atoms with Gasteiger partial charge >= 0.3 is 0 Å². The summed E-state index contributed by atoms with van der Waals surface area (Å²) in [5.74, 6) is 0.680. The molecule has 3 heteroatoms. The number of pyridine rings is 1. The molecular weight excluding hydrogens is 198 g/mol. The molecule has 1 saturated carbocycles. The second kappa shape index (κ2) is 5.41. The average molecular weight is 219 g/mol. The van der Waals surface area contributed by atoms with Crippen LogP contribution in [0.2, 0.25) is 0 Å². The van der Waals surface area contributed by atoms with Crippen molar-refractivity contribution in [1.82, 2.24) is 10.3 Å². The smallest absolute Gasteiger partial charge is 0.0575 e. The van der Waals surface area contributed by atoms with Gasteiger partial charge in [0, 0.05) is 12.2 Å². The Morgan fingerprint density at radius 3 is 2.62 bits per heavy atom. The van der Waals surface area contributed by atoms with E-state index in [0.717, 1.165) is 18.5 Å². The standard InChI is InChI=1S/C13H21N3/c1-15-13(12-4-2-3-9-16-12)10-5-7-11(14)8-6-10/h2-4,9-11,13,15H,5-8,14H2,1H3. The van der Waals surface area contributed by atoms with Gasteiger partial charge < -0.3 is 11.1 Å². The molecule has 1 heterocycles. The highest BCUT2D eigenvalue weighted by molar-refractivity contribution is 5.10. The molecule has 3 nitrogen and oxygen atoms in total. The van der Waals surface area contributed by atoms with Crippen molar-refractivity contribution < 1.29 is 0 Å². The summed E-state index contributed by atoms with van der Waals surface area (Å²) in [4.78, 5) is 4.45. The first-order valence-electron chi connectivity index (χ1n) is 6.15. The molecular formula is C13H21N3. The third-order valence-electron chi connectivity index (χ3n) is 3.61. The molecule has 3 N–H and O–H groups in total. The van der Waals surface area contributed by atoms with Crippen LogP contribution < -0.4 is 11.1 Å². The summed E-state index contributed by atoms with van der Waals surface area (Å²) in [6.45, 7) is 0. The summed E-state index contributed by atoms with van der Waals surface area (Å²) >= 11 is 0. The van der Waals surface area contributed by atoms with Crippen LogP contribution in [0, 0.1) is 5.92 Å². The number of nitrogens with one attached hydrogen (secondary N) is 1. The van der Waals surface area contributed by atoms with E-state index in [0.29, 0.717) is 18.0 Å². The molecule has 0 bridgehead atoms. The molecule has 0 saturated heterocycles. The zero-order chi connectivity index (χ0) is 11.4. The van der Waals surface area contributed by atoms with Crippen LogP contribution in [0.5, 0.6) is 0 Å². The number of hydrogen-bond acceptors (Lipinski definition) is 3. The van der Waals surface area contributed by atoms with Crippen LogP contribution in [0.4, 0.5) is 0 Å². The molecule has 0 amide bonds. The van der Waals surface area contributed by atoms with Gasteiger partial charge in [-0.25, -0.2) is 0 Å². The summed E-state index contributed by atoms with van der Waals surface area (Å²) in [6, 6.07) is 6.93. The van der Waals surface area contributed by atoms with E-state index in [1.165, 1.54) is 12.8 Å². The molecule has 1 unspecified atom stereocenters. The van der Waals surface area contributed by atoms with E-state index in [1.807, 2.05) is 19.3 Å². The molecule has 0 aliphatic heterocycles. The summed E-state index contributed by atoms with van der Waals surface area (Å²) < 4.78 is 0. The summed E-state index contributed by atoms with van der Waals surface area (Å²) in [5, 5.41) is 3.40. The Hall–Kier alpha value is -0.930.